The van der Waals surface area contributed by atoms with Gasteiger partial charge in [-0.1, -0.05) is 24.3 Å². The van der Waals surface area contributed by atoms with Crippen molar-refractivity contribution in [1.82, 2.24) is 4.90 Å². The summed E-state index contributed by atoms with van der Waals surface area (Å²) in [6.45, 7) is 3.46. The first-order valence-electron chi connectivity index (χ1n) is 7.92. The van der Waals surface area contributed by atoms with Gasteiger partial charge in [0.05, 0.1) is 12.1 Å². The Morgan fingerprint density at radius 1 is 1.32 bits per heavy atom. The zero-order chi connectivity index (χ0) is 14.8. The van der Waals surface area contributed by atoms with Crippen LogP contribution in [0.25, 0.3) is 0 Å². The molecular weight excluding hydrogens is 300 g/mol. The number of likely N-dealkylation sites (tertiary alicyclic amines) is 1. The van der Waals surface area contributed by atoms with Gasteiger partial charge in [-0.2, -0.15) is 0 Å². The molecule has 1 aromatic rings. The molecule has 2 heterocycles. The first-order chi connectivity index (χ1) is 10.2. The van der Waals surface area contributed by atoms with E-state index in [-0.39, 0.29) is 36.6 Å². The highest BCUT2D eigenvalue weighted by atomic mass is 35.5. The maximum atomic E-state index is 12.8. The van der Waals surface area contributed by atoms with E-state index >= 15 is 0 Å². The van der Waals surface area contributed by atoms with Gasteiger partial charge in [0.1, 0.15) is 6.10 Å². The molecule has 2 N–H and O–H groups in total. The second kappa shape index (κ2) is 7.44. The molecule has 0 aromatic heterocycles. The third-order valence-electron chi connectivity index (χ3n) is 4.73. The molecule has 2 saturated heterocycles. The molecule has 1 aromatic carbocycles. The van der Waals surface area contributed by atoms with Gasteiger partial charge in [0.15, 0.2) is 0 Å². The minimum absolute atomic E-state index is 0. The summed E-state index contributed by atoms with van der Waals surface area (Å²) in [5.74, 6) is 0.150. The number of amides is 1. The van der Waals surface area contributed by atoms with Gasteiger partial charge in [0.25, 0.3) is 5.91 Å². The van der Waals surface area contributed by atoms with Crippen molar-refractivity contribution >= 4 is 18.3 Å². The highest BCUT2D eigenvalue weighted by Gasteiger charge is 2.38. The molecule has 2 aliphatic heterocycles. The van der Waals surface area contributed by atoms with Gasteiger partial charge in [0, 0.05) is 13.1 Å². The Morgan fingerprint density at radius 3 is 2.77 bits per heavy atom. The zero-order valence-electron chi connectivity index (χ0n) is 13.0. The van der Waals surface area contributed by atoms with E-state index in [0.29, 0.717) is 6.54 Å². The second-order valence-electron chi connectivity index (χ2n) is 6.11. The largest absolute Gasteiger partial charge is 0.364 e. The van der Waals surface area contributed by atoms with Crippen LogP contribution in [0.3, 0.4) is 0 Å². The Labute approximate surface area is 138 Å². The van der Waals surface area contributed by atoms with Crippen LogP contribution in [-0.4, -0.2) is 36.1 Å². The molecule has 4 nitrogen and oxygen atoms in total. The summed E-state index contributed by atoms with van der Waals surface area (Å²) in [5, 5.41) is 0. The van der Waals surface area contributed by atoms with Crippen molar-refractivity contribution in [2.24, 2.45) is 5.73 Å². The van der Waals surface area contributed by atoms with Crippen LogP contribution in [0.15, 0.2) is 24.3 Å². The molecule has 0 aliphatic carbocycles. The van der Waals surface area contributed by atoms with Crippen molar-refractivity contribution in [2.45, 2.75) is 50.9 Å². The smallest absolute Gasteiger partial charge is 0.252 e. The summed E-state index contributed by atoms with van der Waals surface area (Å²) in [4.78, 5) is 14.8. The fraction of sp³-hybridized carbons (Fsp3) is 0.588. The van der Waals surface area contributed by atoms with Gasteiger partial charge >= 0.3 is 0 Å². The van der Waals surface area contributed by atoms with Crippen LogP contribution in [0.1, 0.15) is 42.9 Å². The number of aryl methyl sites for hydroxylation is 1. The summed E-state index contributed by atoms with van der Waals surface area (Å²) in [6, 6.07) is 8.57. The molecule has 122 valence electrons. The fourth-order valence-electron chi connectivity index (χ4n) is 3.56. The molecule has 5 heteroatoms. The van der Waals surface area contributed by atoms with Gasteiger partial charge in [-0.05, 0) is 43.7 Å². The maximum Gasteiger partial charge on any atom is 0.252 e. The Kier molecular flexibility index (Phi) is 5.84. The highest BCUT2D eigenvalue weighted by molar-refractivity contribution is 5.85. The summed E-state index contributed by atoms with van der Waals surface area (Å²) >= 11 is 0. The van der Waals surface area contributed by atoms with Crippen LogP contribution in [0.2, 0.25) is 0 Å². The lowest BCUT2D eigenvalue weighted by Crippen LogP contribution is -2.39. The number of ether oxygens (including phenoxy) is 1. The van der Waals surface area contributed by atoms with Crippen molar-refractivity contribution < 1.29 is 9.53 Å². The Balaban J connectivity index is 0.00000176. The van der Waals surface area contributed by atoms with E-state index in [0.717, 1.165) is 32.2 Å². The van der Waals surface area contributed by atoms with E-state index in [2.05, 4.69) is 25.1 Å². The van der Waals surface area contributed by atoms with E-state index in [4.69, 9.17) is 10.5 Å². The van der Waals surface area contributed by atoms with Crippen LogP contribution < -0.4 is 5.73 Å². The molecule has 2 aliphatic rings. The van der Waals surface area contributed by atoms with E-state index in [1.165, 1.54) is 11.1 Å². The minimum Gasteiger partial charge on any atom is -0.364 e. The predicted molar refractivity (Wildman–Crippen MR) is 89.1 cm³/mol. The van der Waals surface area contributed by atoms with Crippen molar-refractivity contribution in [3.8, 4) is 0 Å². The molecule has 0 radical (unpaired) electrons. The zero-order valence-corrected chi connectivity index (χ0v) is 13.8. The second-order valence-corrected chi connectivity index (χ2v) is 6.11. The summed E-state index contributed by atoms with van der Waals surface area (Å²) in [5.41, 5.74) is 8.17. The number of benzene rings is 1. The van der Waals surface area contributed by atoms with Gasteiger partial charge < -0.3 is 15.4 Å². The van der Waals surface area contributed by atoms with Crippen LogP contribution in [0.5, 0.6) is 0 Å². The van der Waals surface area contributed by atoms with Gasteiger partial charge in [-0.15, -0.1) is 12.4 Å². The summed E-state index contributed by atoms with van der Waals surface area (Å²) in [6.07, 6.45) is 3.58. The monoisotopic (exact) mass is 324 g/mol. The predicted octanol–water partition coefficient (Wildman–Crippen LogP) is 2.59. The average molecular weight is 325 g/mol. The van der Waals surface area contributed by atoms with E-state index in [1.54, 1.807) is 0 Å². The average Bonchev–Trinajstić information content (AvgIpc) is 3.16. The summed E-state index contributed by atoms with van der Waals surface area (Å²) < 4.78 is 5.78. The number of hydrogen-bond donors (Lipinski definition) is 1. The van der Waals surface area contributed by atoms with E-state index in [9.17, 15) is 4.79 Å². The first kappa shape index (κ1) is 17.3. The summed E-state index contributed by atoms with van der Waals surface area (Å²) in [7, 11) is 0. The Bertz CT molecular complexity index is 523. The standard InChI is InChI=1S/C17H24N2O2.ClH/c1-12-5-2-3-6-14(12)15-7-4-10-19(15)17(20)16-9-8-13(11-18)21-16;/h2-3,5-6,13,15-16H,4,7-11,18H2,1H3;1H/t13-,15?,16+;/m1./s1. The lowest BCUT2D eigenvalue weighted by atomic mass is 9.99. The van der Waals surface area contributed by atoms with Gasteiger partial charge in [-0.3, -0.25) is 4.79 Å². The van der Waals surface area contributed by atoms with Crippen LogP contribution in [-0.2, 0) is 9.53 Å². The van der Waals surface area contributed by atoms with Crippen molar-refractivity contribution in [3.63, 3.8) is 0 Å². The molecule has 1 unspecified atom stereocenters. The van der Waals surface area contributed by atoms with Crippen LogP contribution in [0.4, 0.5) is 0 Å². The fourth-order valence-corrected chi connectivity index (χ4v) is 3.56. The normalized spacial score (nSPS) is 27.7. The maximum absolute atomic E-state index is 12.8. The van der Waals surface area contributed by atoms with E-state index in [1.807, 2.05) is 11.0 Å². The van der Waals surface area contributed by atoms with Crippen molar-refractivity contribution in [2.75, 3.05) is 13.1 Å². The molecule has 0 bridgehead atoms. The number of carbonyl (C=O) groups is 1. The Morgan fingerprint density at radius 2 is 2.09 bits per heavy atom. The third-order valence-corrected chi connectivity index (χ3v) is 4.73. The number of nitrogens with two attached hydrogens (primary N) is 1. The minimum atomic E-state index is -0.289. The molecule has 0 saturated carbocycles. The van der Waals surface area contributed by atoms with Crippen molar-refractivity contribution in [3.05, 3.63) is 35.4 Å². The number of halogens is 1. The number of nitrogens with zero attached hydrogens (tertiary/aromatic N) is 1. The number of rotatable bonds is 3. The van der Waals surface area contributed by atoms with Crippen LogP contribution >= 0.6 is 12.4 Å². The molecule has 3 rings (SSSR count). The lowest BCUT2D eigenvalue weighted by Gasteiger charge is -2.28. The topological polar surface area (TPSA) is 55.6 Å². The van der Waals surface area contributed by atoms with Gasteiger partial charge in [-0.25, -0.2) is 0 Å². The third kappa shape index (κ3) is 3.29. The number of carbonyl (C=O) groups excluding carboxylic acids is 1. The molecular formula is C17H25ClN2O2. The Hall–Kier alpha value is -1.10. The first-order valence-corrected chi connectivity index (χ1v) is 7.92. The van der Waals surface area contributed by atoms with Gasteiger partial charge in [0.2, 0.25) is 0 Å². The van der Waals surface area contributed by atoms with E-state index < -0.39 is 0 Å². The van der Waals surface area contributed by atoms with Crippen molar-refractivity contribution in [1.29, 1.82) is 0 Å². The SMILES string of the molecule is Cc1ccccc1C1CCCN1C(=O)[C@@H]1CC[C@H](CN)O1.Cl. The molecule has 0 spiro atoms. The molecule has 1 amide bonds. The molecule has 2 fully saturated rings. The van der Waals surface area contributed by atoms with Crippen LogP contribution in [0, 0.1) is 6.92 Å². The lowest BCUT2D eigenvalue weighted by molar-refractivity contribution is -0.143. The quantitative estimate of drug-likeness (QED) is 0.929. The molecule has 3 atom stereocenters. The highest BCUT2D eigenvalue weighted by Crippen LogP contribution is 2.35. The molecule has 22 heavy (non-hydrogen) atoms. The number of hydrogen-bond acceptors (Lipinski definition) is 3.